The average Bonchev–Trinajstić information content (AvgIpc) is 2.45. The maximum absolute atomic E-state index is 9.59. The van der Waals surface area contributed by atoms with Crippen LogP contribution in [0.25, 0.3) is 0 Å². The summed E-state index contributed by atoms with van der Waals surface area (Å²) in [6, 6.07) is 6.73. The number of rotatable bonds is 5. The third-order valence-electron chi connectivity index (χ3n) is 3.80. The smallest absolute Gasteiger partial charge is 0.0635 e. The molecule has 0 radical (unpaired) electrons. The molecule has 0 bridgehead atoms. The molecule has 1 aromatic heterocycles. The summed E-state index contributed by atoms with van der Waals surface area (Å²) in [7, 11) is 0. The maximum atomic E-state index is 9.59. The third-order valence-corrected chi connectivity index (χ3v) is 3.80. The molecular weight excluding hydrogens is 238 g/mol. The molecule has 0 amide bonds. The molecule has 102 valence electrons. The predicted molar refractivity (Wildman–Crippen MR) is 73.1 cm³/mol. The van der Waals surface area contributed by atoms with Gasteiger partial charge in [-0.15, -0.1) is 0 Å². The van der Waals surface area contributed by atoms with Crippen LogP contribution in [-0.2, 0) is 6.54 Å². The van der Waals surface area contributed by atoms with Gasteiger partial charge in [0.1, 0.15) is 0 Å². The monoisotopic (exact) mass is 259 g/mol. The largest absolute Gasteiger partial charge is 0.393 e. The van der Waals surface area contributed by atoms with E-state index in [1.165, 1.54) is 5.56 Å². The Balaban J connectivity index is 1.97. The molecule has 2 rings (SSSR count). The van der Waals surface area contributed by atoms with Gasteiger partial charge in [0.2, 0.25) is 0 Å². The number of aliphatic hydroxyl groups is 1. The molecule has 19 heavy (non-hydrogen) atoms. The van der Waals surface area contributed by atoms with Crippen molar-refractivity contribution in [2.24, 2.45) is 0 Å². The molecule has 0 aromatic carbocycles. The van der Waals surface area contributed by atoms with Crippen molar-refractivity contribution in [2.45, 2.75) is 50.8 Å². The van der Waals surface area contributed by atoms with Crippen LogP contribution in [-0.4, -0.2) is 33.7 Å². The Bertz CT molecular complexity index is 407. The minimum Gasteiger partial charge on any atom is -0.393 e. The van der Waals surface area contributed by atoms with Crippen molar-refractivity contribution in [2.75, 3.05) is 6.54 Å². The van der Waals surface area contributed by atoms with Gasteiger partial charge in [-0.3, -0.25) is 9.88 Å². The van der Waals surface area contributed by atoms with Crippen molar-refractivity contribution < 1.29 is 5.11 Å². The van der Waals surface area contributed by atoms with Gasteiger partial charge < -0.3 is 5.11 Å². The summed E-state index contributed by atoms with van der Waals surface area (Å²) >= 11 is 0. The van der Waals surface area contributed by atoms with Crippen LogP contribution in [0.5, 0.6) is 0 Å². The first-order valence-electron chi connectivity index (χ1n) is 6.97. The molecule has 1 N–H and O–H groups in total. The van der Waals surface area contributed by atoms with Crippen LogP contribution in [0, 0.1) is 11.3 Å². The summed E-state index contributed by atoms with van der Waals surface area (Å²) < 4.78 is 0. The highest BCUT2D eigenvalue weighted by atomic mass is 16.3. The van der Waals surface area contributed by atoms with Crippen LogP contribution in [0.1, 0.15) is 37.7 Å². The number of aromatic nitrogens is 1. The van der Waals surface area contributed by atoms with Crippen LogP contribution in [0.3, 0.4) is 0 Å². The van der Waals surface area contributed by atoms with Gasteiger partial charge >= 0.3 is 0 Å². The standard InChI is InChI=1S/C15H21N3O/c16-8-2-10-18(12-13-3-1-9-17-11-13)14-4-6-15(19)7-5-14/h1,3,9,11,14-15,19H,2,4-7,10,12H2. The van der Waals surface area contributed by atoms with E-state index in [0.717, 1.165) is 38.8 Å². The first-order valence-corrected chi connectivity index (χ1v) is 6.97. The highest BCUT2D eigenvalue weighted by molar-refractivity contribution is 5.08. The Labute approximate surface area is 114 Å². The van der Waals surface area contributed by atoms with Gasteiger partial charge in [0.15, 0.2) is 0 Å². The normalized spacial score (nSPS) is 23.2. The van der Waals surface area contributed by atoms with E-state index in [4.69, 9.17) is 5.26 Å². The second-order valence-electron chi connectivity index (χ2n) is 5.20. The van der Waals surface area contributed by atoms with Gasteiger partial charge in [-0.1, -0.05) is 6.07 Å². The van der Waals surface area contributed by atoms with E-state index in [1.807, 2.05) is 12.3 Å². The Hall–Kier alpha value is -1.44. The number of hydrogen-bond donors (Lipinski definition) is 1. The Morgan fingerprint density at radius 1 is 1.37 bits per heavy atom. The topological polar surface area (TPSA) is 60.2 Å². The quantitative estimate of drug-likeness (QED) is 0.879. The van der Waals surface area contributed by atoms with Gasteiger partial charge in [-0.25, -0.2) is 0 Å². The summed E-state index contributed by atoms with van der Waals surface area (Å²) in [5, 5.41) is 18.4. The zero-order valence-electron chi connectivity index (χ0n) is 11.2. The molecule has 0 unspecified atom stereocenters. The minimum atomic E-state index is -0.132. The van der Waals surface area contributed by atoms with Crippen LogP contribution >= 0.6 is 0 Å². The zero-order valence-corrected chi connectivity index (χ0v) is 11.2. The highest BCUT2D eigenvalue weighted by Gasteiger charge is 2.24. The summed E-state index contributed by atoms with van der Waals surface area (Å²) in [5.41, 5.74) is 1.19. The molecule has 1 aliphatic carbocycles. The van der Waals surface area contributed by atoms with Gasteiger partial charge in [-0.2, -0.15) is 5.26 Å². The lowest BCUT2D eigenvalue weighted by molar-refractivity contribution is 0.0711. The number of pyridine rings is 1. The third kappa shape index (κ3) is 4.30. The van der Waals surface area contributed by atoms with E-state index >= 15 is 0 Å². The summed E-state index contributed by atoms with van der Waals surface area (Å²) in [4.78, 5) is 6.51. The molecule has 4 heteroatoms. The fourth-order valence-electron chi connectivity index (χ4n) is 2.73. The average molecular weight is 259 g/mol. The number of aliphatic hydroxyl groups excluding tert-OH is 1. The second-order valence-corrected chi connectivity index (χ2v) is 5.20. The molecule has 1 aliphatic rings. The summed E-state index contributed by atoms with van der Waals surface area (Å²) in [6.45, 7) is 1.64. The van der Waals surface area contributed by atoms with Crippen molar-refractivity contribution in [3.8, 4) is 6.07 Å². The van der Waals surface area contributed by atoms with Crippen molar-refractivity contribution in [3.05, 3.63) is 30.1 Å². The van der Waals surface area contributed by atoms with Crippen molar-refractivity contribution in [1.82, 2.24) is 9.88 Å². The number of nitrogens with zero attached hydrogens (tertiary/aromatic N) is 3. The lowest BCUT2D eigenvalue weighted by Crippen LogP contribution is -2.39. The van der Waals surface area contributed by atoms with Crippen molar-refractivity contribution in [3.63, 3.8) is 0 Å². The maximum Gasteiger partial charge on any atom is 0.0635 e. The SMILES string of the molecule is N#CCCN(Cc1cccnc1)C1CCC(O)CC1. The van der Waals surface area contributed by atoms with Gasteiger partial charge in [-0.05, 0) is 37.3 Å². The predicted octanol–water partition coefficient (Wildman–Crippen LogP) is 2.10. The fraction of sp³-hybridized carbons (Fsp3) is 0.600. The first kappa shape index (κ1) is 14.0. The minimum absolute atomic E-state index is 0.132. The van der Waals surface area contributed by atoms with Crippen LogP contribution in [0.4, 0.5) is 0 Å². The molecule has 1 heterocycles. The molecule has 4 nitrogen and oxygen atoms in total. The highest BCUT2D eigenvalue weighted by Crippen LogP contribution is 2.24. The molecule has 0 aliphatic heterocycles. The first-order chi connectivity index (χ1) is 9.29. The molecular formula is C15H21N3O. The van der Waals surface area contributed by atoms with E-state index in [9.17, 15) is 5.11 Å². The summed E-state index contributed by atoms with van der Waals surface area (Å²) in [5.74, 6) is 0. The molecule has 0 spiro atoms. The van der Waals surface area contributed by atoms with E-state index < -0.39 is 0 Å². The fourth-order valence-corrected chi connectivity index (χ4v) is 2.73. The van der Waals surface area contributed by atoms with Crippen LogP contribution in [0.15, 0.2) is 24.5 Å². The van der Waals surface area contributed by atoms with Crippen molar-refractivity contribution >= 4 is 0 Å². The second kappa shape index (κ2) is 7.22. The molecule has 1 fully saturated rings. The summed E-state index contributed by atoms with van der Waals surface area (Å²) in [6.07, 6.45) is 7.88. The number of nitriles is 1. The molecule has 0 atom stereocenters. The molecule has 1 saturated carbocycles. The van der Waals surface area contributed by atoms with E-state index in [1.54, 1.807) is 6.20 Å². The molecule has 0 saturated heterocycles. The number of hydrogen-bond acceptors (Lipinski definition) is 4. The van der Waals surface area contributed by atoms with Crippen LogP contribution in [0.2, 0.25) is 0 Å². The van der Waals surface area contributed by atoms with Gasteiger partial charge in [0, 0.05) is 37.9 Å². The van der Waals surface area contributed by atoms with Crippen molar-refractivity contribution in [1.29, 1.82) is 5.26 Å². The Kier molecular flexibility index (Phi) is 5.31. The van der Waals surface area contributed by atoms with E-state index in [0.29, 0.717) is 12.5 Å². The van der Waals surface area contributed by atoms with Gasteiger partial charge in [0.05, 0.1) is 12.2 Å². The Morgan fingerprint density at radius 2 is 2.16 bits per heavy atom. The Morgan fingerprint density at radius 3 is 2.79 bits per heavy atom. The lowest BCUT2D eigenvalue weighted by Gasteiger charge is -2.35. The zero-order chi connectivity index (χ0) is 13.5. The van der Waals surface area contributed by atoms with Crippen LogP contribution < -0.4 is 0 Å². The lowest BCUT2D eigenvalue weighted by atomic mass is 9.91. The van der Waals surface area contributed by atoms with Gasteiger partial charge in [0.25, 0.3) is 0 Å². The van der Waals surface area contributed by atoms with E-state index in [-0.39, 0.29) is 6.10 Å². The molecule has 1 aromatic rings. The van der Waals surface area contributed by atoms with E-state index in [2.05, 4.69) is 22.0 Å².